The molecular formula is C27H30FN3O3. The second kappa shape index (κ2) is 11.6. The Bertz CT molecular complexity index is 1090. The number of amides is 1. The molecule has 1 aliphatic rings. The number of nitrogens with zero attached hydrogens (tertiary/aromatic N) is 2. The number of rotatable bonds is 9. The van der Waals surface area contributed by atoms with Crippen LogP contribution in [-0.4, -0.2) is 36.0 Å². The molecule has 4 rings (SSSR count). The van der Waals surface area contributed by atoms with Crippen molar-refractivity contribution in [1.82, 2.24) is 15.2 Å². The summed E-state index contributed by atoms with van der Waals surface area (Å²) in [7, 11) is 1.60. The van der Waals surface area contributed by atoms with Crippen molar-refractivity contribution in [2.75, 3.05) is 20.2 Å². The Morgan fingerprint density at radius 2 is 1.94 bits per heavy atom. The number of aromatic nitrogens is 1. The van der Waals surface area contributed by atoms with Crippen LogP contribution in [0, 0.1) is 11.7 Å². The molecule has 2 heterocycles. The third kappa shape index (κ3) is 6.54. The lowest BCUT2D eigenvalue weighted by molar-refractivity contribution is -0.126. The van der Waals surface area contributed by atoms with Crippen LogP contribution in [0.5, 0.6) is 11.5 Å². The molecule has 1 unspecified atom stereocenters. The number of hydrogen-bond acceptors (Lipinski definition) is 5. The quantitative estimate of drug-likeness (QED) is 0.512. The number of ether oxygens (including phenoxy) is 2. The van der Waals surface area contributed by atoms with E-state index in [1.54, 1.807) is 31.6 Å². The predicted molar refractivity (Wildman–Crippen MR) is 128 cm³/mol. The minimum absolute atomic E-state index is 0.0425. The standard InChI is InChI=1S/C27H30FN3O3/c1-33-26-15-21(7-8-25(26)34-19-20-9-11-29-12-10-20)16-30-27(32)23-5-3-13-31(18-23)17-22-4-2-6-24(28)14-22/h2,4,6-12,14-15,23H,3,5,13,16-19H2,1H3,(H,30,32). The lowest BCUT2D eigenvalue weighted by atomic mass is 9.96. The van der Waals surface area contributed by atoms with E-state index in [-0.39, 0.29) is 17.6 Å². The fraction of sp³-hybridized carbons (Fsp3) is 0.333. The van der Waals surface area contributed by atoms with Crippen LogP contribution >= 0.6 is 0 Å². The molecule has 1 amide bonds. The Hall–Kier alpha value is -3.45. The zero-order valence-electron chi connectivity index (χ0n) is 19.4. The van der Waals surface area contributed by atoms with Crippen molar-refractivity contribution in [2.24, 2.45) is 5.92 Å². The van der Waals surface area contributed by atoms with E-state index in [1.165, 1.54) is 6.07 Å². The minimum Gasteiger partial charge on any atom is -0.493 e. The molecule has 1 atom stereocenters. The molecule has 7 heteroatoms. The second-order valence-corrected chi connectivity index (χ2v) is 8.55. The highest BCUT2D eigenvalue weighted by atomic mass is 19.1. The van der Waals surface area contributed by atoms with Crippen LogP contribution in [0.2, 0.25) is 0 Å². The second-order valence-electron chi connectivity index (χ2n) is 8.55. The third-order valence-electron chi connectivity index (χ3n) is 6.01. The summed E-state index contributed by atoms with van der Waals surface area (Å²) in [5, 5.41) is 3.06. The summed E-state index contributed by atoms with van der Waals surface area (Å²) in [6.07, 6.45) is 5.27. The molecule has 178 valence electrons. The van der Waals surface area contributed by atoms with E-state index in [9.17, 15) is 9.18 Å². The highest BCUT2D eigenvalue weighted by molar-refractivity contribution is 5.79. The number of benzene rings is 2. The fourth-order valence-electron chi connectivity index (χ4n) is 4.22. The van der Waals surface area contributed by atoms with Crippen LogP contribution < -0.4 is 14.8 Å². The van der Waals surface area contributed by atoms with Gasteiger partial charge >= 0.3 is 0 Å². The molecule has 0 spiro atoms. The number of carbonyl (C=O) groups is 1. The van der Waals surface area contributed by atoms with Crippen molar-refractivity contribution < 1.29 is 18.7 Å². The molecule has 0 radical (unpaired) electrons. The molecule has 2 aromatic carbocycles. The number of halogens is 1. The Morgan fingerprint density at radius 3 is 2.74 bits per heavy atom. The van der Waals surface area contributed by atoms with Crippen LogP contribution in [0.1, 0.15) is 29.5 Å². The molecule has 34 heavy (non-hydrogen) atoms. The summed E-state index contributed by atoms with van der Waals surface area (Å²) in [6, 6.07) is 16.1. The summed E-state index contributed by atoms with van der Waals surface area (Å²) < 4.78 is 24.9. The Kier molecular flexibility index (Phi) is 8.09. The molecule has 1 aromatic heterocycles. The van der Waals surface area contributed by atoms with Crippen LogP contribution in [-0.2, 0) is 24.5 Å². The maximum Gasteiger partial charge on any atom is 0.224 e. The summed E-state index contributed by atoms with van der Waals surface area (Å²) in [4.78, 5) is 19.1. The number of nitrogens with one attached hydrogen (secondary N) is 1. The molecule has 3 aromatic rings. The van der Waals surface area contributed by atoms with E-state index in [4.69, 9.17) is 9.47 Å². The van der Waals surface area contributed by atoms with Crippen LogP contribution in [0.15, 0.2) is 67.0 Å². The van der Waals surface area contributed by atoms with Gasteiger partial charge in [0, 0.05) is 32.0 Å². The van der Waals surface area contributed by atoms with E-state index < -0.39 is 0 Å². The molecular weight excluding hydrogens is 433 g/mol. The van der Waals surface area contributed by atoms with Crippen molar-refractivity contribution in [3.8, 4) is 11.5 Å². The highest BCUT2D eigenvalue weighted by Gasteiger charge is 2.25. The molecule has 0 aliphatic carbocycles. The minimum atomic E-state index is -0.229. The average molecular weight is 464 g/mol. The van der Waals surface area contributed by atoms with E-state index >= 15 is 0 Å². The average Bonchev–Trinajstić information content (AvgIpc) is 2.87. The summed E-state index contributed by atoms with van der Waals surface area (Å²) >= 11 is 0. The van der Waals surface area contributed by atoms with Gasteiger partial charge in [0.05, 0.1) is 13.0 Å². The smallest absolute Gasteiger partial charge is 0.224 e. The van der Waals surface area contributed by atoms with Crippen molar-refractivity contribution in [2.45, 2.75) is 32.5 Å². The Labute approximate surface area is 199 Å². The lowest BCUT2D eigenvalue weighted by Crippen LogP contribution is -2.42. The van der Waals surface area contributed by atoms with Gasteiger partial charge in [0.1, 0.15) is 12.4 Å². The van der Waals surface area contributed by atoms with Crippen molar-refractivity contribution in [3.63, 3.8) is 0 Å². The maximum absolute atomic E-state index is 13.5. The van der Waals surface area contributed by atoms with Gasteiger partial charge in [-0.1, -0.05) is 18.2 Å². The van der Waals surface area contributed by atoms with Gasteiger partial charge in [0.25, 0.3) is 0 Å². The number of piperidine rings is 1. The van der Waals surface area contributed by atoms with Gasteiger partial charge < -0.3 is 14.8 Å². The van der Waals surface area contributed by atoms with Gasteiger partial charge in [-0.15, -0.1) is 0 Å². The van der Waals surface area contributed by atoms with Gasteiger partial charge in [-0.25, -0.2) is 4.39 Å². The maximum atomic E-state index is 13.5. The largest absolute Gasteiger partial charge is 0.493 e. The summed E-state index contributed by atoms with van der Waals surface area (Å²) in [5.41, 5.74) is 2.89. The van der Waals surface area contributed by atoms with Gasteiger partial charge in [-0.05, 0) is 72.5 Å². The number of hydrogen-bond donors (Lipinski definition) is 1. The molecule has 1 aliphatic heterocycles. The molecule has 0 bridgehead atoms. The SMILES string of the molecule is COc1cc(CNC(=O)C2CCCN(Cc3cccc(F)c3)C2)ccc1OCc1ccncc1. The fourth-order valence-corrected chi connectivity index (χ4v) is 4.22. The van der Waals surface area contributed by atoms with Gasteiger partial charge in [0.15, 0.2) is 11.5 Å². The van der Waals surface area contributed by atoms with E-state index in [0.717, 1.165) is 36.1 Å². The number of likely N-dealkylation sites (tertiary alicyclic amines) is 1. The van der Waals surface area contributed by atoms with Crippen molar-refractivity contribution in [3.05, 3.63) is 89.5 Å². The zero-order chi connectivity index (χ0) is 23.8. The predicted octanol–water partition coefficient (Wildman–Crippen LogP) is 4.34. The van der Waals surface area contributed by atoms with Crippen molar-refractivity contribution in [1.29, 1.82) is 0 Å². The van der Waals surface area contributed by atoms with Crippen LogP contribution in [0.3, 0.4) is 0 Å². The molecule has 1 saturated heterocycles. The van der Waals surface area contributed by atoms with E-state index in [2.05, 4.69) is 15.2 Å². The normalized spacial score (nSPS) is 16.1. The van der Waals surface area contributed by atoms with Gasteiger partial charge in [-0.3, -0.25) is 14.7 Å². The van der Waals surface area contributed by atoms with Crippen LogP contribution in [0.4, 0.5) is 4.39 Å². The molecule has 1 fully saturated rings. The third-order valence-corrected chi connectivity index (χ3v) is 6.01. The first-order valence-corrected chi connectivity index (χ1v) is 11.5. The zero-order valence-corrected chi connectivity index (χ0v) is 19.4. The van der Waals surface area contributed by atoms with E-state index in [0.29, 0.717) is 37.7 Å². The molecule has 6 nitrogen and oxygen atoms in total. The first kappa shape index (κ1) is 23.7. The van der Waals surface area contributed by atoms with Crippen LogP contribution in [0.25, 0.3) is 0 Å². The monoisotopic (exact) mass is 463 g/mol. The topological polar surface area (TPSA) is 63.7 Å². The molecule has 1 N–H and O–H groups in total. The van der Waals surface area contributed by atoms with E-state index in [1.807, 2.05) is 36.4 Å². The van der Waals surface area contributed by atoms with Crippen molar-refractivity contribution >= 4 is 5.91 Å². The Balaban J connectivity index is 1.29. The number of pyridine rings is 1. The van der Waals surface area contributed by atoms with Gasteiger partial charge in [-0.2, -0.15) is 0 Å². The number of carbonyl (C=O) groups excluding carboxylic acids is 1. The lowest BCUT2D eigenvalue weighted by Gasteiger charge is -2.32. The highest BCUT2D eigenvalue weighted by Crippen LogP contribution is 2.29. The summed E-state index contributed by atoms with van der Waals surface area (Å²) in [5.74, 6) is 1.01. The number of methoxy groups -OCH3 is 1. The summed E-state index contributed by atoms with van der Waals surface area (Å²) in [6.45, 7) is 3.08. The first-order chi connectivity index (χ1) is 16.6. The van der Waals surface area contributed by atoms with Gasteiger partial charge in [0.2, 0.25) is 5.91 Å². The molecule has 0 saturated carbocycles. The Morgan fingerprint density at radius 1 is 1.09 bits per heavy atom. The first-order valence-electron chi connectivity index (χ1n) is 11.5.